The molecule has 0 fully saturated rings. The molecule has 132 valence electrons. The second-order valence-corrected chi connectivity index (χ2v) is 5.70. The highest BCUT2D eigenvalue weighted by atomic mass is 32.2. The zero-order valence-corrected chi connectivity index (χ0v) is 14.3. The number of hydrogen-bond donors (Lipinski definition) is 1. The maximum absolute atomic E-state index is 13.1. The normalized spacial score (nSPS) is 10.2. The number of benzene rings is 2. The number of halogens is 2. The predicted molar refractivity (Wildman–Crippen MR) is 90.0 cm³/mol. The zero-order chi connectivity index (χ0) is 18.4. The van der Waals surface area contributed by atoms with Gasteiger partial charge in [-0.3, -0.25) is 4.79 Å². The number of esters is 1. The number of rotatable bonds is 6. The van der Waals surface area contributed by atoms with E-state index in [-0.39, 0.29) is 11.3 Å². The molecule has 0 aliphatic rings. The summed E-state index contributed by atoms with van der Waals surface area (Å²) in [5.74, 6) is -3.19. The summed E-state index contributed by atoms with van der Waals surface area (Å²) in [7, 11) is 1.42. The molecule has 25 heavy (non-hydrogen) atoms. The van der Waals surface area contributed by atoms with Crippen LogP contribution >= 0.6 is 11.8 Å². The van der Waals surface area contributed by atoms with E-state index in [4.69, 9.17) is 9.47 Å². The van der Waals surface area contributed by atoms with Crippen molar-refractivity contribution in [2.24, 2.45) is 0 Å². The quantitative estimate of drug-likeness (QED) is 0.625. The van der Waals surface area contributed by atoms with Crippen molar-refractivity contribution < 1.29 is 27.8 Å². The van der Waals surface area contributed by atoms with E-state index in [0.717, 1.165) is 17.0 Å². The van der Waals surface area contributed by atoms with Crippen molar-refractivity contribution in [3.05, 3.63) is 53.6 Å². The van der Waals surface area contributed by atoms with Crippen LogP contribution in [0.5, 0.6) is 5.75 Å². The highest BCUT2D eigenvalue weighted by Crippen LogP contribution is 2.25. The van der Waals surface area contributed by atoms with Gasteiger partial charge >= 0.3 is 5.97 Å². The lowest BCUT2D eigenvalue weighted by atomic mass is 10.2. The first-order valence-corrected chi connectivity index (χ1v) is 8.31. The summed E-state index contributed by atoms with van der Waals surface area (Å²) in [6, 6.07) is 7.87. The average Bonchev–Trinajstić information content (AvgIpc) is 2.62. The smallest absolute Gasteiger partial charge is 0.342 e. The molecule has 8 heteroatoms. The molecule has 0 spiro atoms. The van der Waals surface area contributed by atoms with Crippen molar-refractivity contribution in [2.45, 2.75) is 4.90 Å². The minimum Gasteiger partial charge on any atom is -0.496 e. The Morgan fingerprint density at radius 3 is 2.52 bits per heavy atom. The molecule has 2 aromatic carbocycles. The summed E-state index contributed by atoms with van der Waals surface area (Å²) < 4.78 is 36.0. The van der Waals surface area contributed by atoms with Crippen LogP contribution in [0.2, 0.25) is 0 Å². The van der Waals surface area contributed by atoms with Gasteiger partial charge in [0.2, 0.25) is 0 Å². The van der Waals surface area contributed by atoms with Gasteiger partial charge in [0.1, 0.15) is 11.3 Å². The number of carbonyl (C=O) groups excluding carboxylic acids is 2. The third-order valence-corrected chi connectivity index (χ3v) is 3.89. The molecule has 0 aliphatic heterocycles. The van der Waals surface area contributed by atoms with Crippen molar-refractivity contribution in [2.75, 3.05) is 25.3 Å². The highest BCUT2D eigenvalue weighted by Gasteiger charge is 2.16. The summed E-state index contributed by atoms with van der Waals surface area (Å²) in [5.41, 5.74) is 0.239. The van der Waals surface area contributed by atoms with Crippen LogP contribution in [0.4, 0.5) is 14.5 Å². The Bertz CT molecular complexity index is 798. The van der Waals surface area contributed by atoms with E-state index in [2.05, 4.69) is 5.32 Å². The predicted octanol–water partition coefficient (Wildman–Crippen LogP) is 3.49. The maximum atomic E-state index is 13.1. The lowest BCUT2D eigenvalue weighted by molar-refractivity contribution is -0.119. The molecule has 5 nitrogen and oxygen atoms in total. The number of carbonyl (C=O) groups is 2. The molecule has 0 atom stereocenters. The molecule has 1 N–H and O–H groups in total. The van der Waals surface area contributed by atoms with Gasteiger partial charge in [-0.2, -0.15) is 0 Å². The fraction of sp³-hybridized carbons (Fsp3) is 0.176. The Kier molecular flexibility index (Phi) is 6.35. The monoisotopic (exact) mass is 367 g/mol. The number of nitrogens with one attached hydrogen (secondary N) is 1. The van der Waals surface area contributed by atoms with Crippen LogP contribution in [-0.2, 0) is 9.53 Å². The minimum atomic E-state index is -1.09. The summed E-state index contributed by atoms with van der Waals surface area (Å²) in [4.78, 5) is 24.7. The second kappa shape index (κ2) is 8.48. The fourth-order valence-electron chi connectivity index (χ4n) is 1.95. The Balaban J connectivity index is 1.97. The van der Waals surface area contributed by atoms with Crippen LogP contribution in [0.1, 0.15) is 10.4 Å². The van der Waals surface area contributed by atoms with Crippen molar-refractivity contribution >= 4 is 29.3 Å². The number of anilines is 1. The number of hydrogen-bond acceptors (Lipinski definition) is 5. The molecule has 1 amide bonds. The number of amides is 1. The molecular weight excluding hydrogens is 352 g/mol. The Morgan fingerprint density at radius 1 is 1.12 bits per heavy atom. The van der Waals surface area contributed by atoms with Gasteiger partial charge < -0.3 is 14.8 Å². The zero-order valence-electron chi connectivity index (χ0n) is 13.5. The maximum Gasteiger partial charge on any atom is 0.342 e. The molecule has 0 saturated carbocycles. The lowest BCUT2D eigenvalue weighted by Gasteiger charge is -2.10. The van der Waals surface area contributed by atoms with Crippen LogP contribution < -0.4 is 10.1 Å². The van der Waals surface area contributed by atoms with Crippen LogP contribution in [-0.4, -0.2) is 31.8 Å². The minimum absolute atomic E-state index is 0.0573. The van der Waals surface area contributed by atoms with E-state index in [0.29, 0.717) is 5.75 Å². The van der Waals surface area contributed by atoms with E-state index >= 15 is 0 Å². The van der Waals surface area contributed by atoms with Crippen LogP contribution in [0.15, 0.2) is 41.3 Å². The Hall–Kier alpha value is -2.61. The van der Waals surface area contributed by atoms with Gasteiger partial charge in [-0.25, -0.2) is 13.6 Å². The van der Waals surface area contributed by atoms with Gasteiger partial charge in [0.05, 0.1) is 7.11 Å². The largest absolute Gasteiger partial charge is 0.496 e. The molecule has 0 saturated heterocycles. The molecule has 0 radical (unpaired) electrons. The van der Waals surface area contributed by atoms with E-state index in [1.807, 2.05) is 6.26 Å². The standard InChI is InChI=1S/C17H15F2NO4S/c1-23-15-8-11(25-2)4-5-12(15)17(22)24-9-16(21)20-10-3-6-13(18)14(19)7-10/h3-8H,9H2,1-2H3,(H,20,21). The topological polar surface area (TPSA) is 64.6 Å². The van der Waals surface area contributed by atoms with E-state index < -0.39 is 30.1 Å². The molecule has 0 aliphatic carbocycles. The fourth-order valence-corrected chi connectivity index (χ4v) is 2.38. The average molecular weight is 367 g/mol. The van der Waals surface area contributed by atoms with Gasteiger partial charge in [0, 0.05) is 16.6 Å². The van der Waals surface area contributed by atoms with Crippen LogP contribution in [0.25, 0.3) is 0 Å². The van der Waals surface area contributed by atoms with Crippen molar-refractivity contribution in [1.82, 2.24) is 0 Å². The molecule has 2 aromatic rings. The van der Waals surface area contributed by atoms with Gasteiger partial charge in [0.15, 0.2) is 18.2 Å². The van der Waals surface area contributed by atoms with Crippen LogP contribution in [0, 0.1) is 11.6 Å². The first kappa shape index (κ1) is 18.7. The van der Waals surface area contributed by atoms with Crippen molar-refractivity contribution in [3.8, 4) is 5.75 Å². The third-order valence-electron chi connectivity index (χ3n) is 3.17. The number of methoxy groups -OCH3 is 1. The lowest BCUT2D eigenvalue weighted by Crippen LogP contribution is -2.21. The summed E-state index contributed by atoms with van der Waals surface area (Å²) in [6.45, 7) is -0.578. The molecule has 2 rings (SSSR count). The van der Waals surface area contributed by atoms with E-state index in [9.17, 15) is 18.4 Å². The molecule has 0 unspecified atom stereocenters. The van der Waals surface area contributed by atoms with Gasteiger partial charge in [-0.15, -0.1) is 11.8 Å². The van der Waals surface area contributed by atoms with Gasteiger partial charge in [0.25, 0.3) is 5.91 Å². The first-order valence-electron chi connectivity index (χ1n) is 7.08. The Morgan fingerprint density at radius 2 is 1.88 bits per heavy atom. The second-order valence-electron chi connectivity index (χ2n) is 4.82. The number of ether oxygens (including phenoxy) is 2. The van der Waals surface area contributed by atoms with Crippen molar-refractivity contribution in [1.29, 1.82) is 0 Å². The highest BCUT2D eigenvalue weighted by molar-refractivity contribution is 7.98. The summed E-state index contributed by atoms with van der Waals surface area (Å²) >= 11 is 1.49. The molecule has 0 bridgehead atoms. The third kappa shape index (κ3) is 4.93. The summed E-state index contributed by atoms with van der Waals surface area (Å²) in [5, 5.41) is 2.31. The van der Waals surface area contributed by atoms with Crippen LogP contribution in [0.3, 0.4) is 0 Å². The van der Waals surface area contributed by atoms with E-state index in [1.165, 1.54) is 24.9 Å². The van der Waals surface area contributed by atoms with Gasteiger partial charge in [-0.1, -0.05) is 0 Å². The molecule has 0 aromatic heterocycles. The first-order chi connectivity index (χ1) is 11.9. The SMILES string of the molecule is COc1cc(SC)ccc1C(=O)OCC(=O)Nc1ccc(F)c(F)c1. The summed E-state index contributed by atoms with van der Waals surface area (Å²) in [6.07, 6.45) is 1.88. The van der Waals surface area contributed by atoms with E-state index in [1.54, 1.807) is 18.2 Å². The van der Waals surface area contributed by atoms with Crippen molar-refractivity contribution in [3.63, 3.8) is 0 Å². The molecule has 0 heterocycles. The van der Waals surface area contributed by atoms with Gasteiger partial charge in [-0.05, 0) is 36.6 Å². The number of thioether (sulfide) groups is 1. The molecular formula is C17H15F2NO4S. The Labute approximate surface area is 147 Å².